The van der Waals surface area contributed by atoms with Crippen LogP contribution in [0.25, 0.3) is 0 Å². The van der Waals surface area contributed by atoms with Crippen LogP contribution in [0.1, 0.15) is 74.4 Å². The second-order valence-corrected chi connectivity index (χ2v) is 8.50. The molecular formula is C22H33NO8. The minimum Gasteiger partial charge on any atom is -0.507 e. The summed E-state index contributed by atoms with van der Waals surface area (Å²) in [7, 11) is 0. The number of benzene rings is 1. The lowest BCUT2D eigenvalue weighted by molar-refractivity contribution is -0.155. The molecule has 0 bridgehead atoms. The number of rotatable bonds is 12. The van der Waals surface area contributed by atoms with Crippen LogP contribution in [-0.4, -0.2) is 55.9 Å². The van der Waals surface area contributed by atoms with Gasteiger partial charge in [-0.25, -0.2) is 0 Å². The van der Waals surface area contributed by atoms with Crippen LogP contribution in [0.3, 0.4) is 0 Å². The summed E-state index contributed by atoms with van der Waals surface area (Å²) in [6, 6.07) is 2.83. The van der Waals surface area contributed by atoms with E-state index in [4.69, 9.17) is 10.5 Å². The SMILES string of the molecule is CC(C)(C)OC(=O)CCCC(O)C(O)CCC(=O)Cc1ccc(CO)c(C(N)=O)c1O. The Morgan fingerprint density at radius 2 is 1.61 bits per heavy atom. The first-order valence-corrected chi connectivity index (χ1v) is 10.2. The molecule has 1 amide bonds. The van der Waals surface area contributed by atoms with E-state index in [0.29, 0.717) is 6.42 Å². The highest BCUT2D eigenvalue weighted by Crippen LogP contribution is 2.27. The highest BCUT2D eigenvalue weighted by atomic mass is 16.6. The van der Waals surface area contributed by atoms with Gasteiger partial charge >= 0.3 is 5.97 Å². The maximum Gasteiger partial charge on any atom is 0.306 e. The molecule has 0 saturated heterocycles. The summed E-state index contributed by atoms with van der Waals surface area (Å²) in [4.78, 5) is 35.4. The molecule has 2 atom stereocenters. The van der Waals surface area contributed by atoms with Gasteiger partial charge in [-0.1, -0.05) is 12.1 Å². The monoisotopic (exact) mass is 439 g/mol. The number of ketones is 1. The van der Waals surface area contributed by atoms with E-state index in [-0.39, 0.29) is 60.5 Å². The fourth-order valence-corrected chi connectivity index (χ4v) is 3.07. The second kappa shape index (κ2) is 11.8. The summed E-state index contributed by atoms with van der Waals surface area (Å²) in [6.45, 7) is 4.79. The smallest absolute Gasteiger partial charge is 0.306 e. The fraction of sp³-hybridized carbons (Fsp3) is 0.591. The number of carbonyl (C=O) groups excluding carboxylic acids is 3. The number of nitrogens with two attached hydrogens (primary N) is 1. The van der Waals surface area contributed by atoms with Gasteiger partial charge in [0.2, 0.25) is 0 Å². The van der Waals surface area contributed by atoms with Gasteiger partial charge in [0.25, 0.3) is 5.91 Å². The van der Waals surface area contributed by atoms with Crippen molar-refractivity contribution in [2.45, 2.75) is 83.7 Å². The second-order valence-electron chi connectivity index (χ2n) is 8.50. The van der Waals surface area contributed by atoms with Crippen LogP contribution in [0.4, 0.5) is 0 Å². The Kier molecular flexibility index (Phi) is 10.1. The predicted octanol–water partition coefficient (Wildman–Crippen LogP) is 1.11. The highest BCUT2D eigenvalue weighted by molar-refractivity contribution is 5.98. The van der Waals surface area contributed by atoms with Crippen LogP contribution in [0, 0.1) is 0 Å². The average Bonchev–Trinajstić information content (AvgIpc) is 2.65. The molecule has 6 N–H and O–H groups in total. The van der Waals surface area contributed by atoms with E-state index >= 15 is 0 Å². The number of aliphatic hydroxyl groups excluding tert-OH is 3. The van der Waals surface area contributed by atoms with Gasteiger partial charge in [-0.05, 0) is 45.6 Å². The predicted molar refractivity (Wildman–Crippen MR) is 112 cm³/mol. The van der Waals surface area contributed by atoms with E-state index in [0.717, 1.165) is 0 Å². The molecule has 0 aromatic heterocycles. The Labute approximate surface area is 181 Å². The Balaban J connectivity index is 2.51. The Morgan fingerprint density at radius 1 is 1.03 bits per heavy atom. The zero-order chi connectivity index (χ0) is 23.8. The van der Waals surface area contributed by atoms with E-state index in [1.807, 2.05) is 0 Å². The molecule has 0 heterocycles. The highest BCUT2D eigenvalue weighted by Gasteiger charge is 2.22. The number of phenols is 1. The van der Waals surface area contributed by atoms with E-state index in [1.165, 1.54) is 12.1 Å². The first-order valence-electron chi connectivity index (χ1n) is 10.2. The van der Waals surface area contributed by atoms with Gasteiger partial charge in [0, 0.05) is 24.8 Å². The molecule has 0 aliphatic rings. The number of aromatic hydroxyl groups is 1. The number of Topliss-reactive ketones (excluding diaryl/α,β-unsaturated/α-hetero) is 1. The van der Waals surface area contributed by atoms with E-state index < -0.39 is 36.1 Å². The van der Waals surface area contributed by atoms with Gasteiger partial charge in [0.05, 0.1) is 24.4 Å². The minimum atomic E-state index is -1.14. The molecule has 0 fully saturated rings. The molecule has 0 radical (unpaired) electrons. The van der Waals surface area contributed by atoms with Crippen LogP contribution in [-0.2, 0) is 27.4 Å². The summed E-state index contributed by atoms with van der Waals surface area (Å²) >= 11 is 0. The molecule has 0 spiro atoms. The lowest BCUT2D eigenvalue weighted by atomic mass is 9.96. The molecule has 2 unspecified atom stereocenters. The molecular weight excluding hydrogens is 406 g/mol. The summed E-state index contributed by atoms with van der Waals surface area (Å²) in [5, 5.41) is 39.6. The lowest BCUT2D eigenvalue weighted by Crippen LogP contribution is -2.27. The first-order chi connectivity index (χ1) is 14.4. The molecule has 1 aromatic carbocycles. The molecule has 0 saturated carbocycles. The number of amides is 1. The van der Waals surface area contributed by atoms with Crippen LogP contribution in [0.5, 0.6) is 5.75 Å². The van der Waals surface area contributed by atoms with Gasteiger partial charge in [-0.15, -0.1) is 0 Å². The summed E-state index contributed by atoms with van der Waals surface area (Å²) in [5.74, 6) is -2.06. The number of primary amides is 1. The molecule has 9 nitrogen and oxygen atoms in total. The van der Waals surface area contributed by atoms with Gasteiger partial charge in [-0.3, -0.25) is 14.4 Å². The maximum absolute atomic E-state index is 12.2. The number of hydrogen-bond acceptors (Lipinski definition) is 8. The Morgan fingerprint density at radius 3 is 2.16 bits per heavy atom. The van der Waals surface area contributed by atoms with Crippen molar-refractivity contribution < 1.29 is 39.5 Å². The van der Waals surface area contributed by atoms with Crippen LogP contribution >= 0.6 is 0 Å². The van der Waals surface area contributed by atoms with Crippen LogP contribution in [0.15, 0.2) is 12.1 Å². The molecule has 1 rings (SSSR count). The van der Waals surface area contributed by atoms with Crippen molar-refractivity contribution in [1.82, 2.24) is 0 Å². The van der Waals surface area contributed by atoms with Crippen molar-refractivity contribution in [2.24, 2.45) is 5.73 Å². The first kappa shape index (κ1) is 26.5. The van der Waals surface area contributed by atoms with Crippen LogP contribution < -0.4 is 5.73 Å². The fourth-order valence-electron chi connectivity index (χ4n) is 3.07. The van der Waals surface area contributed by atoms with Crippen molar-refractivity contribution >= 4 is 17.7 Å². The lowest BCUT2D eigenvalue weighted by Gasteiger charge is -2.20. The van der Waals surface area contributed by atoms with Gasteiger partial charge in [-0.2, -0.15) is 0 Å². The van der Waals surface area contributed by atoms with Crippen molar-refractivity contribution in [3.05, 3.63) is 28.8 Å². The molecule has 1 aromatic rings. The Hall–Kier alpha value is -2.49. The van der Waals surface area contributed by atoms with Crippen molar-refractivity contribution in [2.75, 3.05) is 0 Å². The van der Waals surface area contributed by atoms with Crippen molar-refractivity contribution in [1.29, 1.82) is 0 Å². The van der Waals surface area contributed by atoms with Gasteiger partial charge in [0.1, 0.15) is 17.1 Å². The average molecular weight is 440 g/mol. The van der Waals surface area contributed by atoms with Gasteiger partial charge < -0.3 is 30.9 Å². The molecule has 31 heavy (non-hydrogen) atoms. The third-order valence-corrected chi connectivity index (χ3v) is 4.62. The van der Waals surface area contributed by atoms with Crippen molar-refractivity contribution in [3.63, 3.8) is 0 Å². The number of aliphatic hydroxyl groups is 3. The Bertz CT molecular complexity index is 784. The third-order valence-electron chi connectivity index (χ3n) is 4.62. The number of ether oxygens (including phenoxy) is 1. The van der Waals surface area contributed by atoms with E-state index in [9.17, 15) is 34.8 Å². The third kappa shape index (κ3) is 9.04. The quantitative estimate of drug-likeness (QED) is 0.302. The summed E-state index contributed by atoms with van der Waals surface area (Å²) < 4.78 is 5.17. The zero-order valence-electron chi connectivity index (χ0n) is 18.3. The standard InChI is InChI=1S/C22H33NO8/c1-22(2,3)31-18(28)6-4-5-16(26)17(27)10-9-15(25)11-13-7-8-14(12-24)19(20(13)29)21(23)30/h7-8,16-17,24,26-27,29H,4-6,9-12H2,1-3H3,(H2,23,30). The maximum atomic E-state index is 12.2. The van der Waals surface area contributed by atoms with E-state index in [1.54, 1.807) is 20.8 Å². The summed E-state index contributed by atoms with van der Waals surface area (Å²) in [5.41, 5.74) is 4.76. The summed E-state index contributed by atoms with van der Waals surface area (Å²) in [6.07, 6.45) is -1.85. The normalized spacial score (nSPS) is 13.5. The number of esters is 1. The number of carbonyl (C=O) groups is 3. The number of hydrogen-bond donors (Lipinski definition) is 5. The van der Waals surface area contributed by atoms with Crippen LogP contribution in [0.2, 0.25) is 0 Å². The van der Waals surface area contributed by atoms with Crippen molar-refractivity contribution in [3.8, 4) is 5.75 Å². The molecule has 0 aliphatic heterocycles. The topological polar surface area (TPSA) is 167 Å². The molecule has 9 heteroatoms. The molecule has 0 aliphatic carbocycles. The largest absolute Gasteiger partial charge is 0.507 e. The zero-order valence-corrected chi connectivity index (χ0v) is 18.3. The minimum absolute atomic E-state index is 0.00456. The van der Waals surface area contributed by atoms with E-state index in [2.05, 4.69) is 0 Å². The molecule has 174 valence electrons. The van der Waals surface area contributed by atoms with Gasteiger partial charge in [0.15, 0.2) is 0 Å².